The lowest BCUT2D eigenvalue weighted by Crippen LogP contribution is -2.05. The van der Waals surface area contributed by atoms with Gasteiger partial charge in [0.1, 0.15) is 0 Å². The molecule has 3 heteroatoms. The van der Waals surface area contributed by atoms with E-state index in [1.165, 1.54) is 6.08 Å². The molecule has 1 atom stereocenters. The van der Waals surface area contributed by atoms with E-state index in [0.29, 0.717) is 13.0 Å². The average molecular weight is 214 g/mol. The fourth-order valence-corrected chi connectivity index (χ4v) is 1.26. The van der Waals surface area contributed by atoms with Gasteiger partial charge >= 0.3 is 5.97 Å². The quantitative estimate of drug-likeness (QED) is 0.383. The molecule has 0 spiro atoms. The molecule has 1 N–H and O–H groups in total. The Morgan fingerprint density at radius 3 is 2.73 bits per heavy atom. The second-order valence-electron chi connectivity index (χ2n) is 3.54. The number of rotatable bonds is 8. The number of aliphatic hydroxyl groups excluding tert-OH is 1. The van der Waals surface area contributed by atoms with Gasteiger partial charge in [0.25, 0.3) is 0 Å². The van der Waals surface area contributed by atoms with Crippen molar-refractivity contribution in [2.75, 3.05) is 6.61 Å². The number of ether oxygens (including phenoxy) is 1. The summed E-state index contributed by atoms with van der Waals surface area (Å²) in [6, 6.07) is 0. The molecule has 0 fully saturated rings. The van der Waals surface area contributed by atoms with Crippen molar-refractivity contribution >= 4 is 5.97 Å². The summed E-state index contributed by atoms with van der Waals surface area (Å²) in [5.74, 6) is -0.335. The molecule has 0 heterocycles. The van der Waals surface area contributed by atoms with Crippen molar-refractivity contribution in [2.24, 2.45) is 0 Å². The second kappa shape index (κ2) is 9.71. The largest absolute Gasteiger partial charge is 0.463 e. The van der Waals surface area contributed by atoms with Gasteiger partial charge in [-0.05, 0) is 19.8 Å². The lowest BCUT2D eigenvalue weighted by Gasteiger charge is -2.06. The molecular formula is C12H22O3. The molecule has 0 saturated carbocycles. The predicted octanol–water partition coefficient (Wildman–Crippen LogP) is 2.44. The van der Waals surface area contributed by atoms with Crippen molar-refractivity contribution in [3.63, 3.8) is 0 Å². The molecule has 0 aromatic carbocycles. The standard InChI is InChI=1S/C12H22O3/c1-3-5-6-8-11(13)9-7-10-12(14)15-4-2/h7,10-11,13H,3-6,8-9H2,1-2H3/b10-7+. The number of carbonyl (C=O) groups excluding carboxylic acids is 1. The highest BCUT2D eigenvalue weighted by molar-refractivity contribution is 5.81. The van der Waals surface area contributed by atoms with Crippen LogP contribution in [0.3, 0.4) is 0 Å². The molecule has 15 heavy (non-hydrogen) atoms. The molecule has 0 aliphatic carbocycles. The molecule has 88 valence electrons. The van der Waals surface area contributed by atoms with Gasteiger partial charge in [0, 0.05) is 6.08 Å². The summed E-state index contributed by atoms with van der Waals surface area (Å²) in [7, 11) is 0. The van der Waals surface area contributed by atoms with Gasteiger partial charge in [0.2, 0.25) is 0 Å². The van der Waals surface area contributed by atoms with Crippen molar-refractivity contribution in [3.05, 3.63) is 12.2 Å². The van der Waals surface area contributed by atoms with Gasteiger partial charge in [-0.15, -0.1) is 0 Å². The number of hydrogen-bond acceptors (Lipinski definition) is 3. The smallest absolute Gasteiger partial charge is 0.330 e. The number of aliphatic hydroxyl groups is 1. The maximum absolute atomic E-state index is 10.9. The Hall–Kier alpha value is -0.830. The highest BCUT2D eigenvalue weighted by Crippen LogP contribution is 2.06. The number of carbonyl (C=O) groups is 1. The minimum absolute atomic E-state index is 0.331. The Labute approximate surface area is 92.1 Å². The molecule has 0 amide bonds. The normalized spacial score (nSPS) is 13.0. The molecule has 0 aliphatic rings. The van der Waals surface area contributed by atoms with Gasteiger partial charge in [-0.3, -0.25) is 0 Å². The van der Waals surface area contributed by atoms with Crippen LogP contribution in [0, 0.1) is 0 Å². The first kappa shape index (κ1) is 14.2. The molecule has 0 bridgehead atoms. The van der Waals surface area contributed by atoms with Gasteiger partial charge in [0.15, 0.2) is 0 Å². The SMILES string of the molecule is CCCCCC(O)C/C=C/C(=O)OCC. The lowest BCUT2D eigenvalue weighted by atomic mass is 10.1. The zero-order chi connectivity index (χ0) is 11.5. The van der Waals surface area contributed by atoms with Crippen LogP contribution in [0.2, 0.25) is 0 Å². The Bertz CT molecular complexity index is 187. The summed E-state index contributed by atoms with van der Waals surface area (Å²) in [6.45, 7) is 4.29. The summed E-state index contributed by atoms with van der Waals surface area (Å²) in [5.41, 5.74) is 0. The first-order valence-electron chi connectivity index (χ1n) is 5.72. The van der Waals surface area contributed by atoms with Crippen LogP contribution in [-0.2, 0) is 9.53 Å². The second-order valence-corrected chi connectivity index (χ2v) is 3.54. The highest BCUT2D eigenvalue weighted by atomic mass is 16.5. The molecule has 0 aromatic rings. The number of hydrogen-bond donors (Lipinski definition) is 1. The van der Waals surface area contributed by atoms with Crippen molar-refractivity contribution in [1.82, 2.24) is 0 Å². The maximum Gasteiger partial charge on any atom is 0.330 e. The molecule has 0 aromatic heterocycles. The van der Waals surface area contributed by atoms with E-state index in [-0.39, 0.29) is 12.1 Å². The van der Waals surface area contributed by atoms with Gasteiger partial charge in [0.05, 0.1) is 12.7 Å². The summed E-state index contributed by atoms with van der Waals surface area (Å²) >= 11 is 0. The Morgan fingerprint density at radius 1 is 1.40 bits per heavy atom. The fourth-order valence-electron chi connectivity index (χ4n) is 1.26. The summed E-state index contributed by atoms with van der Waals surface area (Å²) in [6.07, 6.45) is 7.42. The van der Waals surface area contributed by atoms with Crippen molar-refractivity contribution in [3.8, 4) is 0 Å². The molecule has 0 saturated heterocycles. The van der Waals surface area contributed by atoms with Gasteiger partial charge < -0.3 is 9.84 Å². The Kier molecular flexibility index (Phi) is 9.18. The zero-order valence-electron chi connectivity index (χ0n) is 9.74. The minimum Gasteiger partial charge on any atom is -0.463 e. The summed E-state index contributed by atoms with van der Waals surface area (Å²) in [4.78, 5) is 10.9. The van der Waals surface area contributed by atoms with E-state index in [0.717, 1.165) is 25.7 Å². The van der Waals surface area contributed by atoms with Crippen LogP contribution in [0.15, 0.2) is 12.2 Å². The van der Waals surface area contributed by atoms with E-state index < -0.39 is 0 Å². The van der Waals surface area contributed by atoms with Crippen molar-refractivity contribution in [2.45, 2.75) is 52.1 Å². The maximum atomic E-state index is 10.9. The van der Waals surface area contributed by atoms with Crippen LogP contribution in [0.4, 0.5) is 0 Å². The molecule has 0 rings (SSSR count). The predicted molar refractivity (Wildman–Crippen MR) is 60.5 cm³/mol. The van der Waals surface area contributed by atoms with E-state index in [9.17, 15) is 9.90 Å². The molecule has 0 radical (unpaired) electrons. The van der Waals surface area contributed by atoms with Crippen LogP contribution in [0.25, 0.3) is 0 Å². The third-order valence-corrected chi connectivity index (χ3v) is 2.09. The van der Waals surface area contributed by atoms with E-state index in [2.05, 4.69) is 6.92 Å². The minimum atomic E-state index is -0.335. The molecule has 0 aliphatic heterocycles. The third kappa shape index (κ3) is 9.47. The van der Waals surface area contributed by atoms with E-state index in [4.69, 9.17) is 4.74 Å². The number of esters is 1. The molecule has 3 nitrogen and oxygen atoms in total. The monoisotopic (exact) mass is 214 g/mol. The van der Waals surface area contributed by atoms with Crippen molar-refractivity contribution < 1.29 is 14.6 Å². The van der Waals surface area contributed by atoms with Crippen LogP contribution in [-0.4, -0.2) is 23.8 Å². The Morgan fingerprint density at radius 2 is 2.13 bits per heavy atom. The van der Waals surface area contributed by atoms with Gasteiger partial charge in [-0.1, -0.05) is 32.3 Å². The van der Waals surface area contributed by atoms with Crippen molar-refractivity contribution in [1.29, 1.82) is 0 Å². The zero-order valence-corrected chi connectivity index (χ0v) is 9.74. The number of unbranched alkanes of at least 4 members (excludes halogenated alkanes) is 2. The van der Waals surface area contributed by atoms with Crippen LogP contribution < -0.4 is 0 Å². The van der Waals surface area contributed by atoms with E-state index in [1.54, 1.807) is 13.0 Å². The van der Waals surface area contributed by atoms with Crippen LogP contribution in [0.1, 0.15) is 46.0 Å². The Balaban J connectivity index is 3.51. The van der Waals surface area contributed by atoms with E-state index >= 15 is 0 Å². The summed E-state index contributed by atoms with van der Waals surface area (Å²) < 4.78 is 4.71. The lowest BCUT2D eigenvalue weighted by molar-refractivity contribution is -0.137. The van der Waals surface area contributed by atoms with Gasteiger partial charge in [-0.25, -0.2) is 4.79 Å². The van der Waals surface area contributed by atoms with Gasteiger partial charge in [-0.2, -0.15) is 0 Å². The topological polar surface area (TPSA) is 46.5 Å². The molecule has 1 unspecified atom stereocenters. The average Bonchev–Trinajstić information content (AvgIpc) is 2.18. The summed E-state index contributed by atoms with van der Waals surface area (Å²) in [5, 5.41) is 9.52. The highest BCUT2D eigenvalue weighted by Gasteiger charge is 2.01. The van der Waals surface area contributed by atoms with E-state index in [1.807, 2.05) is 0 Å². The van der Waals surface area contributed by atoms with Crippen LogP contribution in [0.5, 0.6) is 0 Å². The third-order valence-electron chi connectivity index (χ3n) is 2.09. The molecular weight excluding hydrogens is 192 g/mol. The first-order chi connectivity index (χ1) is 7.20. The fraction of sp³-hybridized carbons (Fsp3) is 0.750. The first-order valence-corrected chi connectivity index (χ1v) is 5.72. The van der Waals surface area contributed by atoms with Crippen LogP contribution >= 0.6 is 0 Å².